The van der Waals surface area contributed by atoms with Gasteiger partial charge in [0.15, 0.2) is 0 Å². The van der Waals surface area contributed by atoms with Crippen molar-refractivity contribution < 1.29 is 9.84 Å². The molecule has 0 aliphatic heterocycles. The molecule has 1 heterocycles. The summed E-state index contributed by atoms with van der Waals surface area (Å²) in [5.41, 5.74) is 2.40. The number of nitrogens with zero attached hydrogens (tertiary/aromatic N) is 1. The molecule has 2 aromatic rings. The second-order valence-electron chi connectivity index (χ2n) is 5.69. The first-order valence-electron chi connectivity index (χ1n) is 6.66. The third-order valence-electron chi connectivity index (χ3n) is 2.95. The topological polar surface area (TPSA) is 42.4 Å². The fourth-order valence-electron chi connectivity index (χ4n) is 2.24. The van der Waals surface area contributed by atoms with E-state index >= 15 is 0 Å². The third kappa shape index (κ3) is 3.58. The largest absolute Gasteiger partial charge is 0.486 e. The number of thiazole rings is 1. The summed E-state index contributed by atoms with van der Waals surface area (Å²) in [4.78, 5) is 5.37. The fraction of sp³-hybridized carbons (Fsp3) is 0.438. The number of hydrogen-bond acceptors (Lipinski definition) is 4. The van der Waals surface area contributed by atoms with E-state index in [1.54, 1.807) is 13.8 Å². The van der Waals surface area contributed by atoms with E-state index in [2.05, 4.69) is 24.9 Å². The van der Waals surface area contributed by atoms with E-state index in [0.717, 1.165) is 21.3 Å². The molecule has 0 unspecified atom stereocenters. The highest BCUT2D eigenvalue weighted by atomic mass is 32.1. The molecule has 20 heavy (non-hydrogen) atoms. The number of hydrogen-bond donors (Lipinski definition) is 1. The molecule has 1 aromatic heterocycles. The maximum atomic E-state index is 10.1. The Morgan fingerprint density at radius 3 is 2.25 bits per heavy atom. The lowest BCUT2D eigenvalue weighted by Gasteiger charge is -2.15. The van der Waals surface area contributed by atoms with Gasteiger partial charge in [-0.2, -0.15) is 0 Å². The summed E-state index contributed by atoms with van der Waals surface area (Å²) in [7, 11) is 0. The summed E-state index contributed by atoms with van der Waals surface area (Å²) in [6.45, 7) is 10.0. The molecule has 0 fully saturated rings. The minimum absolute atomic E-state index is 0.435. The molecule has 1 aromatic carbocycles. The number of ether oxygens (including phenoxy) is 1. The molecule has 3 nitrogen and oxygen atoms in total. The Morgan fingerprint density at radius 1 is 1.15 bits per heavy atom. The van der Waals surface area contributed by atoms with E-state index in [4.69, 9.17) is 4.74 Å². The zero-order chi connectivity index (χ0) is 14.9. The fourth-order valence-corrected chi connectivity index (χ4v) is 3.22. The molecule has 108 valence electrons. The van der Waals surface area contributed by atoms with Crippen molar-refractivity contribution in [1.29, 1.82) is 0 Å². The van der Waals surface area contributed by atoms with E-state index in [1.165, 1.54) is 22.5 Å². The van der Waals surface area contributed by atoms with Crippen LogP contribution in [0.2, 0.25) is 0 Å². The van der Waals surface area contributed by atoms with Crippen molar-refractivity contribution in [3.8, 4) is 5.75 Å². The summed E-state index contributed by atoms with van der Waals surface area (Å²) in [6.07, 6.45) is 0. The van der Waals surface area contributed by atoms with E-state index in [1.807, 2.05) is 19.1 Å². The maximum Gasteiger partial charge on any atom is 0.140 e. The van der Waals surface area contributed by atoms with Crippen molar-refractivity contribution in [2.24, 2.45) is 0 Å². The van der Waals surface area contributed by atoms with E-state index < -0.39 is 5.60 Å². The molecule has 0 aliphatic rings. The lowest BCUT2D eigenvalue weighted by Crippen LogP contribution is -2.14. The first kappa shape index (κ1) is 15.0. The van der Waals surface area contributed by atoms with E-state index in [0.29, 0.717) is 6.61 Å². The Kier molecular flexibility index (Phi) is 4.16. The highest BCUT2D eigenvalue weighted by molar-refractivity contribution is 7.11. The zero-order valence-electron chi connectivity index (χ0n) is 12.7. The Morgan fingerprint density at radius 2 is 1.75 bits per heavy atom. The van der Waals surface area contributed by atoms with Gasteiger partial charge in [-0.25, -0.2) is 4.98 Å². The SMILES string of the molecule is Cc1cc(C)cc(OCc2nc(C)c(C(C)(C)O)s2)c1. The molecular weight excluding hydrogens is 270 g/mol. The second kappa shape index (κ2) is 5.54. The van der Waals surface area contributed by atoms with Crippen molar-refractivity contribution in [3.63, 3.8) is 0 Å². The monoisotopic (exact) mass is 291 g/mol. The molecule has 0 radical (unpaired) electrons. The molecule has 0 saturated carbocycles. The van der Waals surface area contributed by atoms with E-state index in [9.17, 15) is 5.11 Å². The van der Waals surface area contributed by atoms with Crippen LogP contribution in [0.4, 0.5) is 0 Å². The average molecular weight is 291 g/mol. The highest BCUT2D eigenvalue weighted by Gasteiger charge is 2.22. The van der Waals surface area contributed by atoms with Crippen LogP contribution in [-0.2, 0) is 12.2 Å². The van der Waals surface area contributed by atoms with Crippen LogP contribution < -0.4 is 4.74 Å². The molecule has 4 heteroatoms. The van der Waals surface area contributed by atoms with Crippen molar-refractivity contribution >= 4 is 11.3 Å². The highest BCUT2D eigenvalue weighted by Crippen LogP contribution is 2.30. The summed E-state index contributed by atoms with van der Waals surface area (Å²) >= 11 is 1.51. The molecule has 0 aliphatic carbocycles. The summed E-state index contributed by atoms with van der Waals surface area (Å²) in [5, 5.41) is 11.0. The molecule has 0 amide bonds. The third-order valence-corrected chi connectivity index (χ3v) is 4.40. The zero-order valence-corrected chi connectivity index (χ0v) is 13.5. The van der Waals surface area contributed by atoms with E-state index in [-0.39, 0.29) is 0 Å². The van der Waals surface area contributed by atoms with Crippen molar-refractivity contribution in [2.45, 2.75) is 46.8 Å². The minimum atomic E-state index is -0.847. The first-order valence-corrected chi connectivity index (χ1v) is 7.47. The Bertz CT molecular complexity index is 591. The Hall–Kier alpha value is -1.39. The van der Waals surface area contributed by atoms with Crippen molar-refractivity contribution in [2.75, 3.05) is 0 Å². The minimum Gasteiger partial charge on any atom is -0.486 e. The second-order valence-corrected chi connectivity index (χ2v) is 6.78. The van der Waals surface area contributed by atoms with Gasteiger partial charge < -0.3 is 9.84 Å². The van der Waals surface area contributed by atoms with Gasteiger partial charge in [0.2, 0.25) is 0 Å². The van der Waals surface area contributed by atoms with Gasteiger partial charge in [-0.05, 0) is 57.9 Å². The Balaban J connectivity index is 2.11. The lowest BCUT2D eigenvalue weighted by atomic mass is 10.1. The standard InChI is InChI=1S/C16H21NO2S/c1-10-6-11(2)8-13(7-10)19-9-14-17-12(3)15(20-14)16(4,5)18/h6-8,18H,9H2,1-5H3. The van der Waals surface area contributed by atoms with Crippen LogP contribution in [-0.4, -0.2) is 10.1 Å². The molecule has 0 atom stereocenters. The number of benzene rings is 1. The maximum absolute atomic E-state index is 10.1. The van der Waals surface area contributed by atoms with Gasteiger partial charge >= 0.3 is 0 Å². The van der Waals surface area contributed by atoms with Crippen molar-refractivity contribution in [1.82, 2.24) is 4.98 Å². The van der Waals surface area contributed by atoms with Gasteiger partial charge in [-0.1, -0.05) is 6.07 Å². The number of aryl methyl sites for hydroxylation is 3. The van der Waals surface area contributed by atoms with Gasteiger partial charge in [0.1, 0.15) is 17.4 Å². The normalized spacial score (nSPS) is 11.7. The quantitative estimate of drug-likeness (QED) is 0.929. The smallest absolute Gasteiger partial charge is 0.140 e. The van der Waals surface area contributed by atoms with Crippen molar-refractivity contribution in [3.05, 3.63) is 44.9 Å². The average Bonchev–Trinajstić information content (AvgIpc) is 2.66. The van der Waals surface area contributed by atoms with Gasteiger partial charge in [0.05, 0.1) is 16.2 Å². The molecule has 2 rings (SSSR count). The molecular formula is C16H21NO2S. The summed E-state index contributed by atoms with van der Waals surface area (Å²) in [6, 6.07) is 6.15. The number of rotatable bonds is 4. The molecule has 0 saturated heterocycles. The predicted octanol–water partition coefficient (Wildman–Crippen LogP) is 3.87. The molecule has 1 N–H and O–H groups in total. The van der Waals surface area contributed by atoms with Gasteiger partial charge in [-0.15, -0.1) is 11.3 Å². The predicted molar refractivity (Wildman–Crippen MR) is 82.3 cm³/mol. The van der Waals surface area contributed by atoms with Crippen LogP contribution >= 0.6 is 11.3 Å². The van der Waals surface area contributed by atoms with Crippen LogP contribution in [0.3, 0.4) is 0 Å². The number of aromatic nitrogens is 1. The summed E-state index contributed by atoms with van der Waals surface area (Å²) in [5.74, 6) is 0.861. The first-order chi connectivity index (χ1) is 9.25. The van der Waals surface area contributed by atoms with Gasteiger partial charge in [0.25, 0.3) is 0 Å². The molecule has 0 bridgehead atoms. The van der Waals surface area contributed by atoms with Crippen LogP contribution in [0.5, 0.6) is 5.75 Å². The lowest BCUT2D eigenvalue weighted by molar-refractivity contribution is 0.0817. The van der Waals surface area contributed by atoms with Crippen LogP contribution in [0.1, 0.15) is 40.6 Å². The van der Waals surface area contributed by atoms with Crippen LogP contribution in [0.25, 0.3) is 0 Å². The van der Waals surface area contributed by atoms with Crippen LogP contribution in [0, 0.1) is 20.8 Å². The van der Waals surface area contributed by atoms with Gasteiger partial charge in [0, 0.05) is 0 Å². The number of aliphatic hydroxyl groups is 1. The Labute approximate surface area is 124 Å². The van der Waals surface area contributed by atoms with Crippen LogP contribution in [0.15, 0.2) is 18.2 Å². The summed E-state index contributed by atoms with van der Waals surface area (Å²) < 4.78 is 5.80. The molecule has 0 spiro atoms. The van der Waals surface area contributed by atoms with Gasteiger partial charge in [-0.3, -0.25) is 0 Å².